The molecule has 2 aliphatic heterocycles. The summed E-state index contributed by atoms with van der Waals surface area (Å²) in [6, 6.07) is 13.5. The maximum atomic E-state index is 12.9. The number of hydrogen-bond donors (Lipinski definition) is 1. The summed E-state index contributed by atoms with van der Waals surface area (Å²) in [4.78, 5) is 20.7. The van der Waals surface area contributed by atoms with Gasteiger partial charge in [-0.3, -0.25) is 4.79 Å². The van der Waals surface area contributed by atoms with Crippen LogP contribution < -0.4 is 10.2 Å². The number of hydrogen-bond acceptors (Lipinski definition) is 4. The van der Waals surface area contributed by atoms with Crippen molar-refractivity contribution in [2.45, 2.75) is 32.1 Å². The topological polar surface area (TPSA) is 53.4 Å². The molecule has 0 unspecified atom stereocenters. The maximum absolute atomic E-state index is 12.9. The lowest BCUT2D eigenvalue weighted by Gasteiger charge is -2.34. The quantitative estimate of drug-likeness (QED) is 0.565. The van der Waals surface area contributed by atoms with Crippen molar-refractivity contribution in [2.75, 3.05) is 23.3 Å². The minimum atomic E-state index is -4.10. The smallest absolute Gasteiger partial charge is 0.372 e. The zero-order chi connectivity index (χ0) is 23.9. The number of fused-ring (bicyclic) bond motifs is 1. The van der Waals surface area contributed by atoms with Crippen molar-refractivity contribution in [3.05, 3.63) is 71.8 Å². The average molecular weight is 470 g/mol. The first-order valence-electron chi connectivity index (χ1n) is 11.3. The van der Waals surface area contributed by atoms with Crippen LogP contribution in [0.15, 0.2) is 55.0 Å². The lowest BCUT2D eigenvalue weighted by atomic mass is 9.96. The van der Waals surface area contributed by atoms with Gasteiger partial charge in [0, 0.05) is 55.5 Å². The molecule has 0 bridgehead atoms. The highest BCUT2D eigenvalue weighted by Crippen LogP contribution is 2.36. The van der Waals surface area contributed by atoms with E-state index in [9.17, 15) is 18.0 Å². The molecule has 1 fully saturated rings. The highest BCUT2D eigenvalue weighted by atomic mass is 19.4. The molecule has 3 aromatic rings. The number of imidazole rings is 1. The molecule has 2 aromatic carbocycles. The molecule has 178 valence electrons. The minimum absolute atomic E-state index is 0.0152. The van der Waals surface area contributed by atoms with Crippen molar-refractivity contribution in [3.63, 3.8) is 0 Å². The standard InChI is InChI=1S/C25H26F3N5O/c1-31-16-29-13-22(31)15-33-14-17-12-20(4-7-23(17)24(33)34)30-19-2-5-21(6-3-19)32-10-8-18(9-11-32)25(26,27)28/h2-7,12-13,16,18,30H,8-11,14-15H2,1H3. The minimum Gasteiger partial charge on any atom is -0.372 e. The summed E-state index contributed by atoms with van der Waals surface area (Å²) in [5.41, 5.74) is 5.35. The molecule has 0 aliphatic carbocycles. The molecule has 1 aromatic heterocycles. The third-order valence-electron chi connectivity index (χ3n) is 6.73. The molecular formula is C25H26F3N5O. The van der Waals surface area contributed by atoms with E-state index in [0.29, 0.717) is 31.7 Å². The number of rotatable bonds is 5. The van der Waals surface area contributed by atoms with Crippen LogP contribution in [-0.2, 0) is 20.1 Å². The van der Waals surface area contributed by atoms with Gasteiger partial charge in [0.15, 0.2) is 0 Å². The Bertz CT molecular complexity index is 1180. The van der Waals surface area contributed by atoms with Crippen molar-refractivity contribution in [1.82, 2.24) is 14.5 Å². The highest BCUT2D eigenvalue weighted by Gasteiger charge is 2.41. The monoisotopic (exact) mass is 469 g/mol. The van der Waals surface area contributed by atoms with Crippen LogP contribution in [0.3, 0.4) is 0 Å². The van der Waals surface area contributed by atoms with E-state index < -0.39 is 12.1 Å². The summed E-state index contributed by atoms with van der Waals surface area (Å²) < 4.78 is 40.6. The number of piperidine rings is 1. The van der Waals surface area contributed by atoms with Gasteiger partial charge in [0.25, 0.3) is 5.91 Å². The van der Waals surface area contributed by atoms with Crippen LogP contribution in [0.2, 0.25) is 0 Å². The second-order valence-electron chi connectivity index (χ2n) is 9.00. The van der Waals surface area contributed by atoms with E-state index >= 15 is 0 Å². The van der Waals surface area contributed by atoms with Gasteiger partial charge in [-0.1, -0.05) is 0 Å². The number of carbonyl (C=O) groups is 1. The van der Waals surface area contributed by atoms with Crippen molar-refractivity contribution in [3.8, 4) is 0 Å². The van der Waals surface area contributed by atoms with E-state index in [1.807, 2.05) is 63.9 Å². The van der Waals surface area contributed by atoms with Crippen LogP contribution in [0, 0.1) is 5.92 Å². The van der Waals surface area contributed by atoms with E-state index in [1.165, 1.54) is 0 Å². The van der Waals surface area contributed by atoms with Crippen LogP contribution >= 0.6 is 0 Å². The Balaban J connectivity index is 1.21. The normalized spacial score (nSPS) is 16.8. The first-order valence-corrected chi connectivity index (χ1v) is 11.3. The van der Waals surface area contributed by atoms with Crippen molar-refractivity contribution < 1.29 is 18.0 Å². The van der Waals surface area contributed by atoms with Gasteiger partial charge in [-0.2, -0.15) is 13.2 Å². The molecule has 1 N–H and O–H groups in total. The number of nitrogens with zero attached hydrogens (tertiary/aromatic N) is 4. The van der Waals surface area contributed by atoms with E-state index in [4.69, 9.17) is 0 Å². The molecule has 1 saturated heterocycles. The Morgan fingerprint density at radius 1 is 1.06 bits per heavy atom. The Morgan fingerprint density at radius 2 is 1.76 bits per heavy atom. The number of carbonyl (C=O) groups excluding carboxylic acids is 1. The van der Waals surface area contributed by atoms with E-state index in [-0.39, 0.29) is 18.7 Å². The molecule has 9 heteroatoms. The molecule has 5 rings (SSSR count). The van der Waals surface area contributed by atoms with Gasteiger partial charge in [0.2, 0.25) is 0 Å². The van der Waals surface area contributed by atoms with Crippen molar-refractivity contribution >= 4 is 23.0 Å². The van der Waals surface area contributed by atoms with Gasteiger partial charge >= 0.3 is 6.18 Å². The number of anilines is 3. The highest BCUT2D eigenvalue weighted by molar-refractivity contribution is 5.98. The first-order chi connectivity index (χ1) is 16.3. The summed E-state index contributed by atoms with van der Waals surface area (Å²) in [5, 5.41) is 3.36. The van der Waals surface area contributed by atoms with Crippen molar-refractivity contribution in [1.29, 1.82) is 0 Å². The van der Waals surface area contributed by atoms with Crippen LogP contribution in [0.5, 0.6) is 0 Å². The molecule has 0 spiro atoms. The van der Waals surface area contributed by atoms with Crippen LogP contribution in [0.4, 0.5) is 30.2 Å². The summed E-state index contributed by atoms with van der Waals surface area (Å²) in [5.74, 6) is -1.18. The fourth-order valence-corrected chi connectivity index (χ4v) is 4.71. The van der Waals surface area contributed by atoms with Gasteiger partial charge in [0.1, 0.15) is 0 Å². The van der Waals surface area contributed by atoms with Gasteiger partial charge < -0.3 is 19.7 Å². The molecule has 3 heterocycles. The zero-order valence-corrected chi connectivity index (χ0v) is 18.8. The zero-order valence-electron chi connectivity index (χ0n) is 18.8. The number of benzene rings is 2. The summed E-state index contributed by atoms with van der Waals surface area (Å²) in [6.45, 7) is 1.87. The van der Waals surface area contributed by atoms with Gasteiger partial charge in [-0.05, 0) is 60.9 Å². The second kappa shape index (κ2) is 8.70. The van der Waals surface area contributed by atoms with Gasteiger partial charge in [-0.15, -0.1) is 0 Å². The average Bonchev–Trinajstić information content (AvgIpc) is 3.36. The maximum Gasteiger partial charge on any atom is 0.391 e. The third kappa shape index (κ3) is 4.47. The van der Waals surface area contributed by atoms with E-state index in [0.717, 1.165) is 28.3 Å². The SMILES string of the molecule is Cn1cncc1CN1Cc2cc(Nc3ccc(N4CCC(C(F)(F)F)CC4)cc3)ccc2C1=O. The molecule has 0 saturated carbocycles. The second-order valence-corrected chi connectivity index (χ2v) is 9.00. The molecule has 0 atom stereocenters. The fraction of sp³-hybridized carbons (Fsp3) is 0.360. The number of amides is 1. The predicted octanol–water partition coefficient (Wildman–Crippen LogP) is 5.10. The Morgan fingerprint density at radius 3 is 2.41 bits per heavy atom. The fourth-order valence-electron chi connectivity index (χ4n) is 4.71. The van der Waals surface area contributed by atoms with Gasteiger partial charge in [0.05, 0.1) is 24.5 Å². The van der Waals surface area contributed by atoms with Crippen LogP contribution in [-0.4, -0.2) is 39.6 Å². The van der Waals surface area contributed by atoms with Crippen molar-refractivity contribution in [2.24, 2.45) is 13.0 Å². The Hall–Kier alpha value is -3.49. The summed E-state index contributed by atoms with van der Waals surface area (Å²) >= 11 is 0. The largest absolute Gasteiger partial charge is 0.391 e. The number of aryl methyl sites for hydroxylation is 1. The molecule has 0 radical (unpaired) electrons. The summed E-state index contributed by atoms with van der Waals surface area (Å²) in [6.07, 6.45) is -0.341. The Kier molecular flexibility index (Phi) is 5.71. The lowest BCUT2D eigenvalue weighted by molar-refractivity contribution is -0.179. The summed E-state index contributed by atoms with van der Waals surface area (Å²) in [7, 11) is 1.91. The number of halogens is 3. The number of nitrogens with one attached hydrogen (secondary N) is 1. The molecule has 2 aliphatic rings. The molecule has 34 heavy (non-hydrogen) atoms. The third-order valence-corrected chi connectivity index (χ3v) is 6.73. The number of alkyl halides is 3. The van der Waals surface area contributed by atoms with E-state index in [2.05, 4.69) is 10.3 Å². The molecule has 1 amide bonds. The van der Waals surface area contributed by atoms with Gasteiger partial charge in [-0.25, -0.2) is 4.98 Å². The van der Waals surface area contributed by atoms with E-state index in [1.54, 1.807) is 12.5 Å². The first kappa shape index (κ1) is 22.3. The molecule has 6 nitrogen and oxygen atoms in total. The van der Waals surface area contributed by atoms with Crippen LogP contribution in [0.1, 0.15) is 34.5 Å². The lowest BCUT2D eigenvalue weighted by Crippen LogP contribution is -2.38. The van der Waals surface area contributed by atoms with Crippen LogP contribution in [0.25, 0.3) is 0 Å². The Labute approximate surface area is 196 Å². The predicted molar refractivity (Wildman–Crippen MR) is 124 cm³/mol. The number of aromatic nitrogens is 2. The molecular weight excluding hydrogens is 443 g/mol.